The van der Waals surface area contributed by atoms with Gasteiger partial charge in [-0.1, -0.05) is 18.2 Å². The summed E-state index contributed by atoms with van der Waals surface area (Å²) in [5.41, 5.74) is 2.25. The molecule has 3 rings (SSSR count). The topological polar surface area (TPSA) is 117 Å². The van der Waals surface area contributed by atoms with E-state index in [1.807, 2.05) is 13.0 Å². The van der Waals surface area contributed by atoms with Gasteiger partial charge in [-0.15, -0.1) is 0 Å². The fourth-order valence-corrected chi connectivity index (χ4v) is 3.45. The van der Waals surface area contributed by atoms with Crippen molar-refractivity contribution in [2.75, 3.05) is 10.0 Å². The Morgan fingerprint density at radius 3 is 2.62 bits per heavy atom. The molecule has 0 atom stereocenters. The molecule has 3 aromatic rings. The number of nitrogens with zero attached hydrogens (tertiary/aromatic N) is 2. The molecule has 0 saturated heterocycles. The second kappa shape index (κ2) is 6.96. The van der Waals surface area contributed by atoms with Crippen LogP contribution in [-0.4, -0.2) is 29.5 Å². The number of amides is 1. The van der Waals surface area contributed by atoms with Crippen molar-refractivity contribution in [1.82, 2.24) is 15.2 Å². The quantitative estimate of drug-likeness (QED) is 0.637. The molecule has 3 N–H and O–H groups in total. The first-order valence-electron chi connectivity index (χ1n) is 7.72. The van der Waals surface area contributed by atoms with Crippen LogP contribution < -0.4 is 10.0 Å². The Morgan fingerprint density at radius 1 is 1.12 bits per heavy atom. The van der Waals surface area contributed by atoms with Gasteiger partial charge in [-0.05, 0) is 49.2 Å². The molecule has 0 fully saturated rings. The Kier molecular flexibility index (Phi) is 4.72. The minimum atomic E-state index is -3.83. The Balaban J connectivity index is 1.89. The van der Waals surface area contributed by atoms with E-state index in [2.05, 4.69) is 25.2 Å². The van der Waals surface area contributed by atoms with Crippen molar-refractivity contribution in [3.05, 3.63) is 65.5 Å². The molecule has 0 unspecified atom stereocenters. The molecule has 0 bridgehead atoms. The Hall–Kier alpha value is -3.20. The highest BCUT2D eigenvalue weighted by Gasteiger charge is 2.19. The first kappa shape index (κ1) is 17.6. The van der Waals surface area contributed by atoms with E-state index in [-0.39, 0.29) is 16.4 Å². The summed E-state index contributed by atoms with van der Waals surface area (Å²) in [6.45, 7) is 3.59. The average molecular weight is 371 g/mol. The minimum absolute atomic E-state index is 0.00711. The average Bonchev–Trinajstić information content (AvgIpc) is 3.07. The van der Waals surface area contributed by atoms with Crippen LogP contribution in [0.25, 0.3) is 0 Å². The molecule has 26 heavy (non-hydrogen) atoms. The third-order valence-electron chi connectivity index (χ3n) is 3.68. The molecule has 8 nitrogen and oxygen atoms in total. The number of hydrogen-bond donors (Lipinski definition) is 3. The molecule has 0 aliphatic carbocycles. The molecular weight excluding hydrogens is 354 g/mol. The molecule has 0 spiro atoms. The van der Waals surface area contributed by atoms with Gasteiger partial charge in [0.1, 0.15) is 6.33 Å². The van der Waals surface area contributed by atoms with Crippen LogP contribution in [0.1, 0.15) is 21.5 Å². The van der Waals surface area contributed by atoms with Gasteiger partial charge >= 0.3 is 0 Å². The summed E-state index contributed by atoms with van der Waals surface area (Å²) in [6.07, 6.45) is 1.26. The van der Waals surface area contributed by atoms with Crippen LogP contribution in [0.5, 0.6) is 0 Å². The van der Waals surface area contributed by atoms with E-state index < -0.39 is 15.9 Å². The summed E-state index contributed by atoms with van der Waals surface area (Å²) in [4.78, 5) is 16.2. The standard InChI is InChI=1S/C17H17N5O3S/c1-11-4-3-5-13(8-11)22-26(24,25)14-7-6-12(2)15(9-14)16(23)20-17-18-10-19-21-17/h3-10,22H,1-2H3,(H2,18,19,20,21,23). The number of carbonyl (C=O) groups excluding carboxylic acids is 1. The van der Waals surface area contributed by atoms with Crippen LogP contribution in [0.4, 0.5) is 11.6 Å². The van der Waals surface area contributed by atoms with Gasteiger partial charge < -0.3 is 0 Å². The number of anilines is 2. The van der Waals surface area contributed by atoms with E-state index in [4.69, 9.17) is 0 Å². The smallest absolute Gasteiger partial charge is 0.261 e. The summed E-state index contributed by atoms with van der Waals surface area (Å²) in [6, 6.07) is 11.4. The van der Waals surface area contributed by atoms with Gasteiger partial charge in [-0.3, -0.25) is 14.8 Å². The number of carbonyl (C=O) groups is 1. The molecule has 1 heterocycles. The molecule has 0 aliphatic heterocycles. The summed E-state index contributed by atoms with van der Waals surface area (Å²) >= 11 is 0. The number of aromatic nitrogens is 3. The zero-order chi connectivity index (χ0) is 18.7. The van der Waals surface area contributed by atoms with E-state index in [9.17, 15) is 13.2 Å². The first-order chi connectivity index (χ1) is 12.3. The lowest BCUT2D eigenvalue weighted by Crippen LogP contribution is -2.17. The van der Waals surface area contributed by atoms with E-state index in [1.54, 1.807) is 31.2 Å². The fourth-order valence-electron chi connectivity index (χ4n) is 2.38. The lowest BCUT2D eigenvalue weighted by Gasteiger charge is -2.11. The number of aryl methyl sites for hydroxylation is 2. The summed E-state index contributed by atoms with van der Waals surface area (Å²) < 4.78 is 27.8. The van der Waals surface area contributed by atoms with Crippen LogP contribution >= 0.6 is 0 Å². The Labute approximate surface area is 150 Å². The maximum absolute atomic E-state index is 12.6. The zero-order valence-corrected chi connectivity index (χ0v) is 15.0. The van der Waals surface area contributed by atoms with Gasteiger partial charge in [0, 0.05) is 11.3 Å². The van der Waals surface area contributed by atoms with Crippen LogP contribution in [0.2, 0.25) is 0 Å². The predicted molar refractivity (Wildman–Crippen MR) is 97.5 cm³/mol. The summed E-state index contributed by atoms with van der Waals surface area (Å²) in [7, 11) is -3.83. The van der Waals surface area contributed by atoms with Crippen molar-refractivity contribution < 1.29 is 13.2 Å². The van der Waals surface area contributed by atoms with Crippen molar-refractivity contribution >= 4 is 27.6 Å². The minimum Gasteiger partial charge on any atom is -0.291 e. The zero-order valence-electron chi connectivity index (χ0n) is 14.1. The molecule has 0 saturated carbocycles. The molecule has 134 valence electrons. The predicted octanol–water partition coefficient (Wildman–Crippen LogP) is 2.47. The normalized spacial score (nSPS) is 11.2. The SMILES string of the molecule is Cc1cccc(NS(=O)(=O)c2ccc(C)c(C(=O)Nc3ncn[nH]3)c2)c1. The van der Waals surface area contributed by atoms with Crippen molar-refractivity contribution in [3.8, 4) is 0 Å². The van der Waals surface area contributed by atoms with Crippen molar-refractivity contribution in [2.24, 2.45) is 0 Å². The summed E-state index contributed by atoms with van der Waals surface area (Å²) in [5, 5.41) is 8.69. The molecule has 0 aliphatic rings. The van der Waals surface area contributed by atoms with Gasteiger partial charge in [0.2, 0.25) is 5.95 Å². The molecule has 2 aromatic carbocycles. The van der Waals surface area contributed by atoms with E-state index in [1.165, 1.54) is 18.5 Å². The van der Waals surface area contributed by atoms with Crippen molar-refractivity contribution in [2.45, 2.75) is 18.7 Å². The number of benzene rings is 2. The van der Waals surface area contributed by atoms with E-state index in [0.29, 0.717) is 11.3 Å². The van der Waals surface area contributed by atoms with E-state index in [0.717, 1.165) is 5.56 Å². The summed E-state index contributed by atoms with van der Waals surface area (Å²) in [5.74, 6) is -0.299. The highest BCUT2D eigenvalue weighted by Crippen LogP contribution is 2.20. The lowest BCUT2D eigenvalue weighted by molar-refractivity contribution is 0.102. The highest BCUT2D eigenvalue weighted by atomic mass is 32.2. The second-order valence-electron chi connectivity index (χ2n) is 5.74. The van der Waals surface area contributed by atoms with Gasteiger partial charge in [-0.2, -0.15) is 10.1 Å². The maximum atomic E-state index is 12.6. The van der Waals surface area contributed by atoms with Gasteiger partial charge in [-0.25, -0.2) is 13.5 Å². The Bertz CT molecular complexity index is 1050. The third-order valence-corrected chi connectivity index (χ3v) is 5.06. The number of rotatable bonds is 5. The lowest BCUT2D eigenvalue weighted by atomic mass is 10.1. The largest absolute Gasteiger partial charge is 0.291 e. The number of H-pyrrole nitrogens is 1. The molecule has 1 amide bonds. The fraction of sp³-hybridized carbons (Fsp3) is 0.118. The Morgan fingerprint density at radius 2 is 1.92 bits per heavy atom. The van der Waals surface area contributed by atoms with Crippen molar-refractivity contribution in [3.63, 3.8) is 0 Å². The monoisotopic (exact) mass is 371 g/mol. The highest BCUT2D eigenvalue weighted by molar-refractivity contribution is 7.92. The van der Waals surface area contributed by atoms with Gasteiger partial charge in [0.25, 0.3) is 15.9 Å². The molecule has 0 radical (unpaired) electrons. The van der Waals surface area contributed by atoms with Gasteiger partial charge in [0.15, 0.2) is 0 Å². The van der Waals surface area contributed by atoms with Crippen molar-refractivity contribution in [1.29, 1.82) is 0 Å². The van der Waals surface area contributed by atoms with Crippen LogP contribution in [-0.2, 0) is 10.0 Å². The van der Waals surface area contributed by atoms with Crippen LogP contribution in [0, 0.1) is 13.8 Å². The second-order valence-corrected chi connectivity index (χ2v) is 7.42. The number of sulfonamides is 1. The number of aromatic amines is 1. The molecule has 9 heteroatoms. The molecule has 1 aromatic heterocycles. The maximum Gasteiger partial charge on any atom is 0.261 e. The number of hydrogen-bond acceptors (Lipinski definition) is 5. The third kappa shape index (κ3) is 3.89. The van der Waals surface area contributed by atoms with Crippen LogP contribution in [0.15, 0.2) is 53.7 Å². The molecular formula is C17H17N5O3S. The van der Waals surface area contributed by atoms with Gasteiger partial charge in [0.05, 0.1) is 4.90 Å². The first-order valence-corrected chi connectivity index (χ1v) is 9.20. The van der Waals surface area contributed by atoms with Crippen LogP contribution in [0.3, 0.4) is 0 Å². The number of nitrogens with one attached hydrogen (secondary N) is 3. The van der Waals surface area contributed by atoms with E-state index >= 15 is 0 Å².